The molecule has 2 heterocycles. The van der Waals surface area contributed by atoms with E-state index in [1.54, 1.807) is 12.4 Å². The Hall–Kier alpha value is -1.91. The van der Waals surface area contributed by atoms with Crippen molar-refractivity contribution >= 4 is 11.9 Å². The first-order chi connectivity index (χ1) is 6.68. The number of aromatic nitrogens is 1. The van der Waals surface area contributed by atoms with E-state index in [2.05, 4.69) is 15.3 Å². The number of amides is 2. The van der Waals surface area contributed by atoms with Crippen LogP contribution < -0.4 is 11.1 Å². The maximum absolute atomic E-state index is 10.9. The molecular formula is C9H10N4O. The van der Waals surface area contributed by atoms with Gasteiger partial charge in [0.1, 0.15) is 11.9 Å². The highest BCUT2D eigenvalue weighted by Gasteiger charge is 2.26. The Morgan fingerprint density at radius 1 is 1.57 bits per heavy atom. The first-order valence-electron chi connectivity index (χ1n) is 4.23. The molecule has 3 N–H and O–H groups in total. The Balaban J connectivity index is 2.38. The highest BCUT2D eigenvalue weighted by Crippen LogP contribution is 2.19. The number of nitrogens with two attached hydrogens (primary N) is 1. The fourth-order valence-corrected chi connectivity index (χ4v) is 1.43. The van der Waals surface area contributed by atoms with Crippen LogP contribution >= 0.6 is 0 Å². The largest absolute Gasteiger partial charge is 0.385 e. The molecule has 1 unspecified atom stereocenters. The quantitative estimate of drug-likeness (QED) is 0.677. The average Bonchev–Trinajstić information content (AvgIpc) is 2.46. The number of nitrogens with one attached hydrogen (secondary N) is 1. The lowest BCUT2D eigenvalue weighted by atomic mass is 10.0. The predicted octanol–water partition coefficient (Wildman–Crippen LogP) is 0.512. The van der Waals surface area contributed by atoms with Gasteiger partial charge in [0.15, 0.2) is 0 Å². The molecule has 14 heavy (non-hydrogen) atoms. The molecule has 0 saturated carbocycles. The van der Waals surface area contributed by atoms with Crippen LogP contribution in [0.1, 0.15) is 17.2 Å². The minimum absolute atomic E-state index is 0.297. The van der Waals surface area contributed by atoms with Crippen LogP contribution in [0.4, 0.5) is 4.79 Å². The zero-order valence-electron chi connectivity index (χ0n) is 7.69. The summed E-state index contributed by atoms with van der Waals surface area (Å²) in [6.07, 6.45) is 3.39. The molecule has 2 rings (SSSR count). The number of aryl methyl sites for hydroxylation is 1. The Bertz CT molecular complexity index is 413. The summed E-state index contributed by atoms with van der Waals surface area (Å²) in [6, 6.07) is 1.15. The second-order valence-electron chi connectivity index (χ2n) is 3.15. The van der Waals surface area contributed by atoms with Gasteiger partial charge in [-0.15, -0.1) is 0 Å². The third kappa shape index (κ3) is 1.32. The summed E-state index contributed by atoms with van der Waals surface area (Å²) in [5.41, 5.74) is 7.53. The lowest BCUT2D eigenvalue weighted by molar-refractivity contribution is 0.250. The van der Waals surface area contributed by atoms with E-state index in [-0.39, 0.29) is 6.04 Å². The highest BCUT2D eigenvalue weighted by molar-refractivity contribution is 6.03. The molecule has 1 aromatic rings. The van der Waals surface area contributed by atoms with Crippen LogP contribution in [0.2, 0.25) is 0 Å². The molecule has 0 fully saturated rings. The number of carbonyl (C=O) groups excluding carboxylic acids is 1. The topological polar surface area (TPSA) is 80.4 Å². The van der Waals surface area contributed by atoms with Crippen molar-refractivity contribution in [2.24, 2.45) is 10.7 Å². The molecule has 2 amide bonds. The van der Waals surface area contributed by atoms with Crippen molar-refractivity contribution in [2.45, 2.75) is 13.0 Å². The van der Waals surface area contributed by atoms with Crippen molar-refractivity contribution in [2.75, 3.05) is 0 Å². The Labute approximate surface area is 81.1 Å². The Morgan fingerprint density at radius 3 is 2.93 bits per heavy atom. The summed E-state index contributed by atoms with van der Waals surface area (Å²) in [4.78, 5) is 18.5. The molecule has 1 aliphatic rings. The number of amidine groups is 1. The normalized spacial score (nSPS) is 20.5. The van der Waals surface area contributed by atoms with Gasteiger partial charge in [-0.05, 0) is 18.6 Å². The van der Waals surface area contributed by atoms with Gasteiger partial charge in [-0.25, -0.2) is 4.79 Å². The summed E-state index contributed by atoms with van der Waals surface area (Å²) in [6.45, 7) is 1.94. The standard InChI is InChI=1S/C9H10N4O/c1-5-2-3-11-4-6(5)7-8(10)13-9(14)12-7/h2-4,7H,1H3,(H3,10,12,13,14). The fraction of sp³-hybridized carbons (Fsp3) is 0.222. The molecule has 0 spiro atoms. The monoisotopic (exact) mass is 190 g/mol. The number of pyridine rings is 1. The Kier molecular flexibility index (Phi) is 1.92. The van der Waals surface area contributed by atoms with Gasteiger partial charge in [0.2, 0.25) is 0 Å². The van der Waals surface area contributed by atoms with Crippen molar-refractivity contribution < 1.29 is 4.79 Å². The van der Waals surface area contributed by atoms with E-state index >= 15 is 0 Å². The highest BCUT2D eigenvalue weighted by atomic mass is 16.2. The van der Waals surface area contributed by atoms with E-state index < -0.39 is 6.03 Å². The Morgan fingerprint density at radius 2 is 2.36 bits per heavy atom. The van der Waals surface area contributed by atoms with Gasteiger partial charge in [0.25, 0.3) is 0 Å². The third-order valence-electron chi connectivity index (χ3n) is 2.18. The van der Waals surface area contributed by atoms with Gasteiger partial charge in [-0.3, -0.25) is 4.98 Å². The van der Waals surface area contributed by atoms with Gasteiger partial charge in [-0.2, -0.15) is 4.99 Å². The summed E-state index contributed by atoms with van der Waals surface area (Å²) < 4.78 is 0. The van der Waals surface area contributed by atoms with Crippen molar-refractivity contribution in [1.29, 1.82) is 0 Å². The van der Waals surface area contributed by atoms with Crippen LogP contribution in [0, 0.1) is 6.92 Å². The van der Waals surface area contributed by atoms with Crippen LogP contribution in [-0.2, 0) is 0 Å². The van der Waals surface area contributed by atoms with Crippen molar-refractivity contribution in [3.8, 4) is 0 Å². The van der Waals surface area contributed by atoms with E-state index in [4.69, 9.17) is 5.73 Å². The molecule has 0 bridgehead atoms. The van der Waals surface area contributed by atoms with Crippen molar-refractivity contribution in [3.05, 3.63) is 29.6 Å². The van der Waals surface area contributed by atoms with E-state index in [0.29, 0.717) is 5.84 Å². The summed E-state index contributed by atoms with van der Waals surface area (Å²) in [7, 11) is 0. The smallest absolute Gasteiger partial charge is 0.343 e. The first-order valence-corrected chi connectivity index (χ1v) is 4.23. The van der Waals surface area contributed by atoms with Crippen LogP contribution in [0.5, 0.6) is 0 Å². The second kappa shape index (κ2) is 3.10. The lowest BCUT2D eigenvalue weighted by Gasteiger charge is -2.12. The molecule has 1 aliphatic heterocycles. The molecule has 5 heteroatoms. The van der Waals surface area contributed by atoms with E-state index in [1.807, 2.05) is 13.0 Å². The number of urea groups is 1. The first kappa shape index (κ1) is 8.68. The number of carbonyl (C=O) groups is 1. The molecule has 1 atom stereocenters. The summed E-state index contributed by atoms with van der Waals surface area (Å²) >= 11 is 0. The SMILES string of the molecule is Cc1ccncc1C1NC(=O)N=C1N. The molecule has 0 aromatic carbocycles. The van der Waals surface area contributed by atoms with Gasteiger partial charge in [0, 0.05) is 18.0 Å². The average molecular weight is 190 g/mol. The molecule has 0 saturated heterocycles. The van der Waals surface area contributed by atoms with Crippen LogP contribution in [0.25, 0.3) is 0 Å². The van der Waals surface area contributed by atoms with Crippen LogP contribution in [-0.4, -0.2) is 16.9 Å². The van der Waals surface area contributed by atoms with Gasteiger partial charge >= 0.3 is 6.03 Å². The number of hydrogen-bond acceptors (Lipinski definition) is 3. The van der Waals surface area contributed by atoms with E-state index in [9.17, 15) is 4.79 Å². The van der Waals surface area contributed by atoms with Crippen molar-refractivity contribution in [3.63, 3.8) is 0 Å². The van der Waals surface area contributed by atoms with Gasteiger partial charge in [0.05, 0.1) is 0 Å². The molecule has 0 radical (unpaired) electrons. The number of rotatable bonds is 1. The second-order valence-corrected chi connectivity index (χ2v) is 3.15. The molecule has 0 aliphatic carbocycles. The maximum Gasteiger partial charge on any atom is 0.343 e. The fourth-order valence-electron chi connectivity index (χ4n) is 1.43. The minimum atomic E-state index is -0.393. The summed E-state index contributed by atoms with van der Waals surface area (Å²) in [5, 5.41) is 2.65. The van der Waals surface area contributed by atoms with Crippen molar-refractivity contribution in [1.82, 2.24) is 10.3 Å². The minimum Gasteiger partial charge on any atom is -0.385 e. The summed E-state index contributed by atoms with van der Waals surface area (Å²) in [5.74, 6) is 0.297. The molecule has 1 aromatic heterocycles. The third-order valence-corrected chi connectivity index (χ3v) is 2.18. The predicted molar refractivity (Wildman–Crippen MR) is 51.9 cm³/mol. The van der Waals surface area contributed by atoms with Gasteiger partial charge < -0.3 is 11.1 Å². The van der Waals surface area contributed by atoms with Crippen LogP contribution in [0.3, 0.4) is 0 Å². The zero-order valence-corrected chi connectivity index (χ0v) is 7.69. The van der Waals surface area contributed by atoms with Gasteiger partial charge in [-0.1, -0.05) is 0 Å². The number of nitrogens with zero attached hydrogens (tertiary/aromatic N) is 2. The number of aliphatic imine (C=N–C) groups is 1. The number of hydrogen-bond donors (Lipinski definition) is 2. The maximum atomic E-state index is 10.9. The van der Waals surface area contributed by atoms with Crippen LogP contribution in [0.15, 0.2) is 23.5 Å². The van der Waals surface area contributed by atoms with E-state index in [0.717, 1.165) is 11.1 Å². The van der Waals surface area contributed by atoms with E-state index in [1.165, 1.54) is 0 Å². The zero-order chi connectivity index (χ0) is 10.1. The lowest BCUT2D eigenvalue weighted by Crippen LogP contribution is -2.28. The molecule has 5 nitrogen and oxygen atoms in total. The molecular weight excluding hydrogens is 180 g/mol. The molecule has 72 valence electrons.